The molecular weight excluding hydrogens is 526 g/mol. The van der Waals surface area contributed by atoms with E-state index < -0.39 is 27.7 Å². The van der Waals surface area contributed by atoms with E-state index in [0.29, 0.717) is 0 Å². The number of carboxylic acids is 1. The Morgan fingerprint density at radius 2 is 1.69 bits per heavy atom. The molecule has 0 fully saturated rings. The highest BCUT2D eigenvalue weighted by Gasteiger charge is 2.33. The fraction of sp³-hybridized carbons (Fsp3) is 0.125. The number of aromatic carboxylic acids is 1. The number of benzene rings is 3. The quantitative estimate of drug-likeness (QED) is 0.301. The van der Waals surface area contributed by atoms with Crippen molar-refractivity contribution >= 4 is 50.1 Å². The molecule has 0 atom stereocenters. The van der Waals surface area contributed by atoms with E-state index in [1.54, 1.807) is 6.07 Å². The van der Waals surface area contributed by atoms with Gasteiger partial charge in [-0.15, -0.1) is 0 Å². The molecule has 0 spiro atoms. The second kappa shape index (κ2) is 8.89. The number of carboxylic acid groups (broad SMARTS) is 1. The van der Waals surface area contributed by atoms with E-state index >= 15 is 0 Å². The van der Waals surface area contributed by atoms with E-state index in [2.05, 4.69) is 0 Å². The zero-order valence-corrected chi connectivity index (χ0v) is 20.2. The molecule has 1 N–H and O–H groups in total. The van der Waals surface area contributed by atoms with E-state index in [4.69, 9.17) is 23.2 Å². The predicted molar refractivity (Wildman–Crippen MR) is 127 cm³/mol. The van der Waals surface area contributed by atoms with Gasteiger partial charge in [0.1, 0.15) is 0 Å². The van der Waals surface area contributed by atoms with Crippen molar-refractivity contribution in [3.63, 3.8) is 0 Å². The SMILES string of the molecule is Cc1cc(C(F)(F)F)cc2cc(Cc3c(Cl)ccc(C(=O)O)c3Cl)n(S(=O)(=O)c3ccccc3)c12. The zero-order valence-electron chi connectivity index (χ0n) is 17.9. The summed E-state index contributed by atoms with van der Waals surface area (Å²) in [6.07, 6.45) is -4.89. The van der Waals surface area contributed by atoms with Crippen molar-refractivity contribution in [3.05, 3.63) is 98.7 Å². The molecule has 1 heterocycles. The van der Waals surface area contributed by atoms with E-state index in [9.17, 15) is 31.5 Å². The summed E-state index contributed by atoms with van der Waals surface area (Å²) in [7, 11) is -4.26. The van der Waals surface area contributed by atoms with Crippen LogP contribution in [0.3, 0.4) is 0 Å². The highest BCUT2D eigenvalue weighted by molar-refractivity contribution is 7.90. The van der Waals surface area contributed by atoms with Crippen LogP contribution in [0.4, 0.5) is 13.2 Å². The van der Waals surface area contributed by atoms with Crippen LogP contribution in [0, 0.1) is 6.92 Å². The molecule has 5 nitrogen and oxygen atoms in total. The number of fused-ring (bicyclic) bond motifs is 1. The molecule has 11 heteroatoms. The molecule has 0 radical (unpaired) electrons. The van der Waals surface area contributed by atoms with Gasteiger partial charge in [-0.3, -0.25) is 0 Å². The summed E-state index contributed by atoms with van der Waals surface area (Å²) in [5.74, 6) is -1.31. The van der Waals surface area contributed by atoms with Crippen molar-refractivity contribution in [2.24, 2.45) is 0 Å². The van der Waals surface area contributed by atoms with Crippen molar-refractivity contribution < 1.29 is 31.5 Å². The number of aryl methyl sites for hydroxylation is 1. The van der Waals surface area contributed by atoms with E-state index in [-0.39, 0.29) is 54.6 Å². The van der Waals surface area contributed by atoms with Crippen LogP contribution >= 0.6 is 23.2 Å². The van der Waals surface area contributed by atoms with Gasteiger partial charge in [0.05, 0.1) is 26.6 Å². The van der Waals surface area contributed by atoms with Gasteiger partial charge in [-0.2, -0.15) is 13.2 Å². The number of hydrogen-bond donors (Lipinski definition) is 1. The Morgan fingerprint density at radius 3 is 2.29 bits per heavy atom. The first-order valence-corrected chi connectivity index (χ1v) is 12.2. The topological polar surface area (TPSA) is 76.4 Å². The Kier molecular flexibility index (Phi) is 6.37. The maximum Gasteiger partial charge on any atom is 0.416 e. The van der Waals surface area contributed by atoms with Crippen LogP contribution in [0.5, 0.6) is 0 Å². The van der Waals surface area contributed by atoms with E-state index in [1.165, 1.54) is 49.4 Å². The van der Waals surface area contributed by atoms with Crippen LogP contribution in [-0.4, -0.2) is 23.5 Å². The molecule has 0 saturated heterocycles. The largest absolute Gasteiger partial charge is 0.478 e. The Hall–Kier alpha value is -3.01. The lowest BCUT2D eigenvalue weighted by Crippen LogP contribution is -2.17. The molecule has 35 heavy (non-hydrogen) atoms. The number of hydrogen-bond acceptors (Lipinski definition) is 3. The van der Waals surface area contributed by atoms with Gasteiger partial charge in [0, 0.05) is 22.5 Å². The van der Waals surface area contributed by atoms with Gasteiger partial charge in [-0.1, -0.05) is 41.4 Å². The Balaban J connectivity index is 2.04. The first-order valence-electron chi connectivity index (χ1n) is 10.1. The third-order valence-corrected chi connectivity index (χ3v) is 8.05. The Labute approximate surface area is 208 Å². The molecule has 0 aliphatic heterocycles. The minimum atomic E-state index is -4.64. The summed E-state index contributed by atoms with van der Waals surface area (Å²) in [4.78, 5) is 11.5. The standard InChI is InChI=1S/C24H16Cl2F3NO4S/c1-13-9-15(24(27,28)29)10-14-11-16(12-19-20(25)8-7-18(21(19)26)23(31)32)30(22(13)14)35(33,34)17-5-3-2-4-6-17/h2-11H,12H2,1H3,(H,31,32). The first-order chi connectivity index (χ1) is 16.3. The summed E-state index contributed by atoms with van der Waals surface area (Å²) in [5.41, 5.74) is -0.801. The molecule has 4 rings (SSSR count). The number of alkyl halides is 3. The molecule has 1 aromatic heterocycles. The lowest BCUT2D eigenvalue weighted by atomic mass is 10.0. The van der Waals surface area contributed by atoms with Crippen LogP contribution in [0.1, 0.15) is 32.7 Å². The average molecular weight is 542 g/mol. The average Bonchev–Trinajstić information content (AvgIpc) is 3.16. The maximum absolute atomic E-state index is 13.7. The van der Waals surface area contributed by atoms with Crippen molar-refractivity contribution in [1.29, 1.82) is 0 Å². The third kappa shape index (κ3) is 4.51. The lowest BCUT2D eigenvalue weighted by Gasteiger charge is -2.16. The first kappa shape index (κ1) is 25.1. The molecule has 0 aliphatic carbocycles. The second-order valence-corrected chi connectivity index (χ2v) is 10.4. The predicted octanol–water partition coefficient (Wildman–Crippen LogP) is 6.80. The van der Waals surface area contributed by atoms with Crippen molar-refractivity contribution in [3.8, 4) is 0 Å². The van der Waals surface area contributed by atoms with Gasteiger partial charge in [-0.25, -0.2) is 17.2 Å². The number of aromatic nitrogens is 1. The summed E-state index contributed by atoms with van der Waals surface area (Å²) < 4.78 is 68.7. The zero-order chi connectivity index (χ0) is 25.7. The van der Waals surface area contributed by atoms with Crippen LogP contribution in [0.2, 0.25) is 10.0 Å². The monoisotopic (exact) mass is 541 g/mol. The summed E-state index contributed by atoms with van der Waals surface area (Å²) in [6.45, 7) is 1.39. The molecule has 182 valence electrons. The summed E-state index contributed by atoms with van der Waals surface area (Å²) in [6, 6.07) is 13.0. The minimum absolute atomic E-state index is 0.0495. The Morgan fingerprint density at radius 1 is 1.03 bits per heavy atom. The van der Waals surface area contributed by atoms with Crippen LogP contribution in [0.15, 0.2) is 65.6 Å². The Bertz CT molecular complexity index is 1580. The normalized spacial score (nSPS) is 12.3. The molecule has 0 unspecified atom stereocenters. The van der Waals surface area contributed by atoms with Crippen LogP contribution < -0.4 is 0 Å². The number of halogens is 5. The molecular formula is C24H16Cl2F3NO4S. The van der Waals surface area contributed by atoms with E-state index in [0.717, 1.165) is 16.1 Å². The number of carbonyl (C=O) groups is 1. The van der Waals surface area contributed by atoms with Gasteiger partial charge < -0.3 is 5.11 Å². The number of rotatable bonds is 5. The molecule has 0 saturated carbocycles. The summed E-state index contributed by atoms with van der Waals surface area (Å²) >= 11 is 12.6. The minimum Gasteiger partial charge on any atom is -0.478 e. The smallest absolute Gasteiger partial charge is 0.416 e. The van der Waals surface area contributed by atoms with Crippen molar-refractivity contribution in [2.45, 2.75) is 24.4 Å². The van der Waals surface area contributed by atoms with Crippen molar-refractivity contribution in [2.75, 3.05) is 0 Å². The molecule has 0 amide bonds. The third-order valence-electron chi connectivity index (χ3n) is 5.50. The molecule has 0 aliphatic rings. The van der Waals surface area contributed by atoms with Crippen LogP contribution in [-0.2, 0) is 22.6 Å². The fourth-order valence-corrected chi connectivity index (χ4v) is 6.15. The second-order valence-electron chi connectivity index (χ2n) is 7.82. The van der Waals surface area contributed by atoms with Gasteiger partial charge in [0.15, 0.2) is 0 Å². The van der Waals surface area contributed by atoms with Gasteiger partial charge in [0.25, 0.3) is 10.0 Å². The highest BCUT2D eigenvalue weighted by Crippen LogP contribution is 2.38. The molecule has 4 aromatic rings. The number of nitrogens with zero attached hydrogens (tertiary/aromatic N) is 1. The van der Waals surface area contributed by atoms with E-state index in [1.807, 2.05) is 0 Å². The van der Waals surface area contributed by atoms with Crippen molar-refractivity contribution in [1.82, 2.24) is 3.97 Å². The van der Waals surface area contributed by atoms with Gasteiger partial charge >= 0.3 is 12.1 Å². The van der Waals surface area contributed by atoms with Gasteiger partial charge in [0.2, 0.25) is 0 Å². The summed E-state index contributed by atoms with van der Waals surface area (Å²) in [5, 5.41) is 9.35. The maximum atomic E-state index is 13.7. The fourth-order valence-electron chi connectivity index (χ4n) is 3.94. The molecule has 0 bridgehead atoms. The highest BCUT2D eigenvalue weighted by atomic mass is 35.5. The van der Waals surface area contributed by atoms with Crippen LogP contribution in [0.25, 0.3) is 10.9 Å². The lowest BCUT2D eigenvalue weighted by molar-refractivity contribution is -0.137. The van der Waals surface area contributed by atoms with Gasteiger partial charge in [-0.05, 0) is 60.5 Å². The molecule has 3 aromatic carbocycles.